The summed E-state index contributed by atoms with van der Waals surface area (Å²) in [5.41, 5.74) is 1.21. The Balaban J connectivity index is 0.00000320. The van der Waals surface area contributed by atoms with Crippen molar-refractivity contribution >= 4 is 35.8 Å². The predicted octanol–water partition coefficient (Wildman–Crippen LogP) is 1.70. The molecule has 2 saturated heterocycles. The highest BCUT2D eigenvalue weighted by molar-refractivity contribution is 14.0. The minimum atomic E-state index is 0. The predicted molar refractivity (Wildman–Crippen MR) is 132 cm³/mol. The van der Waals surface area contributed by atoms with Crippen LogP contribution in [0.1, 0.15) is 24.8 Å². The number of likely N-dealkylation sites (N-methyl/N-ethyl adjacent to an activating group) is 1. The standard InChI is InChI=1S/C21H36N6O2.HI/c1-22-21(24-7-4-13-28-17-19-5-3-14-29-19)25-16-18-6-8-23-20(15-18)27-11-9-26(2)10-12-27;/h6,8,15,19H,3-5,7,9-14,16-17H2,1-2H3,(H2,22,24,25);1H. The number of ether oxygens (including phenoxy) is 2. The summed E-state index contributed by atoms with van der Waals surface area (Å²) in [6.45, 7) is 8.10. The largest absolute Gasteiger partial charge is 0.379 e. The Bertz CT molecular complexity index is 634. The van der Waals surface area contributed by atoms with Crippen molar-refractivity contribution in [2.24, 2.45) is 4.99 Å². The van der Waals surface area contributed by atoms with Gasteiger partial charge in [0.05, 0.1) is 12.7 Å². The van der Waals surface area contributed by atoms with E-state index in [9.17, 15) is 0 Å². The third-order valence-corrected chi connectivity index (χ3v) is 5.41. The van der Waals surface area contributed by atoms with E-state index in [1.807, 2.05) is 6.20 Å². The normalized spacial score (nSPS) is 20.1. The molecule has 1 aromatic rings. The Hall–Kier alpha value is -1.17. The molecule has 8 nitrogen and oxygen atoms in total. The molecule has 3 rings (SSSR count). The highest BCUT2D eigenvalue weighted by Crippen LogP contribution is 2.15. The van der Waals surface area contributed by atoms with E-state index in [-0.39, 0.29) is 24.0 Å². The lowest BCUT2D eigenvalue weighted by molar-refractivity contribution is 0.0168. The molecule has 0 spiro atoms. The van der Waals surface area contributed by atoms with Crippen LogP contribution in [0.15, 0.2) is 23.3 Å². The van der Waals surface area contributed by atoms with Gasteiger partial charge in [0.15, 0.2) is 5.96 Å². The van der Waals surface area contributed by atoms with Crippen LogP contribution in [0.25, 0.3) is 0 Å². The van der Waals surface area contributed by atoms with Gasteiger partial charge in [-0.1, -0.05) is 0 Å². The molecule has 1 atom stereocenters. The first-order valence-electron chi connectivity index (χ1n) is 10.8. The summed E-state index contributed by atoms with van der Waals surface area (Å²) in [6, 6.07) is 4.23. The second-order valence-electron chi connectivity index (χ2n) is 7.73. The molecule has 2 aliphatic heterocycles. The average molecular weight is 532 g/mol. The van der Waals surface area contributed by atoms with Crippen molar-refractivity contribution in [1.82, 2.24) is 20.5 Å². The summed E-state index contributed by atoms with van der Waals surface area (Å²) in [4.78, 5) is 13.6. The molecule has 30 heavy (non-hydrogen) atoms. The highest BCUT2D eigenvalue weighted by atomic mass is 127. The van der Waals surface area contributed by atoms with Gasteiger partial charge in [0.1, 0.15) is 5.82 Å². The van der Waals surface area contributed by atoms with E-state index < -0.39 is 0 Å². The molecule has 0 saturated carbocycles. The molecule has 0 bridgehead atoms. The molecular weight excluding hydrogens is 495 g/mol. The van der Waals surface area contributed by atoms with Crippen molar-refractivity contribution in [3.8, 4) is 0 Å². The molecule has 2 N–H and O–H groups in total. The van der Waals surface area contributed by atoms with Gasteiger partial charge in [-0.05, 0) is 44.0 Å². The van der Waals surface area contributed by atoms with Crippen molar-refractivity contribution in [3.63, 3.8) is 0 Å². The van der Waals surface area contributed by atoms with E-state index in [1.165, 1.54) is 5.56 Å². The van der Waals surface area contributed by atoms with Crippen LogP contribution in [0.4, 0.5) is 5.82 Å². The fourth-order valence-corrected chi connectivity index (χ4v) is 3.56. The summed E-state index contributed by atoms with van der Waals surface area (Å²) in [5.74, 6) is 1.87. The van der Waals surface area contributed by atoms with Crippen LogP contribution in [0.5, 0.6) is 0 Å². The highest BCUT2D eigenvalue weighted by Gasteiger charge is 2.16. The molecule has 2 aliphatic rings. The molecule has 0 amide bonds. The Kier molecular flexibility index (Phi) is 11.7. The number of aliphatic imine (C=N–C) groups is 1. The first kappa shape index (κ1) is 25.1. The minimum absolute atomic E-state index is 0. The van der Waals surface area contributed by atoms with E-state index in [1.54, 1.807) is 7.05 Å². The van der Waals surface area contributed by atoms with Gasteiger partial charge in [-0.25, -0.2) is 4.98 Å². The third-order valence-electron chi connectivity index (χ3n) is 5.41. The van der Waals surface area contributed by atoms with Gasteiger partial charge in [-0.3, -0.25) is 4.99 Å². The Morgan fingerprint density at radius 3 is 2.87 bits per heavy atom. The summed E-state index contributed by atoms with van der Waals surface area (Å²) < 4.78 is 11.3. The summed E-state index contributed by atoms with van der Waals surface area (Å²) >= 11 is 0. The molecule has 170 valence electrons. The zero-order valence-electron chi connectivity index (χ0n) is 18.3. The topological polar surface area (TPSA) is 74.2 Å². The fourth-order valence-electron chi connectivity index (χ4n) is 3.56. The van der Waals surface area contributed by atoms with Crippen molar-refractivity contribution < 1.29 is 9.47 Å². The lowest BCUT2D eigenvalue weighted by Gasteiger charge is -2.33. The van der Waals surface area contributed by atoms with Crippen molar-refractivity contribution in [3.05, 3.63) is 23.9 Å². The second kappa shape index (κ2) is 14.0. The van der Waals surface area contributed by atoms with Crippen LogP contribution < -0.4 is 15.5 Å². The van der Waals surface area contributed by atoms with Crippen molar-refractivity contribution in [1.29, 1.82) is 0 Å². The third kappa shape index (κ3) is 8.52. The SMILES string of the molecule is CN=C(NCCCOCC1CCCO1)NCc1ccnc(N2CCN(C)CC2)c1.I. The molecule has 0 aromatic carbocycles. The van der Waals surface area contributed by atoms with Gasteiger partial charge in [0.25, 0.3) is 0 Å². The van der Waals surface area contributed by atoms with Gasteiger partial charge >= 0.3 is 0 Å². The number of aromatic nitrogens is 1. The van der Waals surface area contributed by atoms with Crippen molar-refractivity contribution in [2.75, 3.05) is 71.5 Å². The molecule has 3 heterocycles. The first-order valence-corrected chi connectivity index (χ1v) is 10.8. The van der Waals surface area contributed by atoms with Crippen molar-refractivity contribution in [2.45, 2.75) is 31.9 Å². The van der Waals surface area contributed by atoms with Gasteiger partial charge in [-0.2, -0.15) is 0 Å². The smallest absolute Gasteiger partial charge is 0.191 e. The molecule has 2 fully saturated rings. The number of nitrogens with zero attached hydrogens (tertiary/aromatic N) is 4. The molecule has 9 heteroatoms. The van der Waals surface area contributed by atoms with Crippen LogP contribution in [0.3, 0.4) is 0 Å². The maximum atomic E-state index is 5.70. The van der Waals surface area contributed by atoms with Gasteiger partial charge in [0, 0.05) is 65.7 Å². The molecule has 0 aliphatic carbocycles. The van der Waals surface area contributed by atoms with Gasteiger partial charge < -0.3 is 29.9 Å². The lowest BCUT2D eigenvalue weighted by atomic mass is 10.2. The monoisotopic (exact) mass is 532 g/mol. The van der Waals surface area contributed by atoms with E-state index >= 15 is 0 Å². The number of nitrogens with one attached hydrogen (secondary N) is 2. The number of hydrogen-bond donors (Lipinski definition) is 2. The Morgan fingerprint density at radius 2 is 2.13 bits per heavy atom. The second-order valence-corrected chi connectivity index (χ2v) is 7.73. The Morgan fingerprint density at radius 1 is 1.30 bits per heavy atom. The van der Waals surface area contributed by atoms with Crippen LogP contribution in [-0.4, -0.2) is 88.6 Å². The quantitative estimate of drug-likeness (QED) is 0.217. The molecule has 1 unspecified atom stereocenters. The average Bonchev–Trinajstić information content (AvgIpc) is 3.27. The zero-order valence-corrected chi connectivity index (χ0v) is 20.6. The van der Waals surface area contributed by atoms with Crippen LogP contribution in [0.2, 0.25) is 0 Å². The number of hydrogen-bond acceptors (Lipinski definition) is 6. The van der Waals surface area contributed by atoms with Gasteiger partial charge in [-0.15, -0.1) is 24.0 Å². The summed E-state index contributed by atoms with van der Waals surface area (Å²) in [6.07, 6.45) is 5.42. The zero-order chi connectivity index (χ0) is 20.3. The van der Waals surface area contributed by atoms with E-state index in [2.05, 4.69) is 49.6 Å². The minimum Gasteiger partial charge on any atom is -0.379 e. The van der Waals surface area contributed by atoms with Crippen LogP contribution >= 0.6 is 24.0 Å². The number of anilines is 1. The molecule has 1 aromatic heterocycles. The van der Waals surface area contributed by atoms with Gasteiger partial charge in [0.2, 0.25) is 0 Å². The first-order chi connectivity index (χ1) is 14.2. The number of piperazine rings is 1. The van der Waals surface area contributed by atoms with Crippen LogP contribution in [-0.2, 0) is 16.0 Å². The number of rotatable bonds is 9. The van der Waals surface area contributed by atoms with Crippen LogP contribution in [0, 0.1) is 0 Å². The molecule has 0 radical (unpaired) electrons. The van der Waals surface area contributed by atoms with E-state index in [4.69, 9.17) is 9.47 Å². The fraction of sp³-hybridized carbons (Fsp3) is 0.714. The maximum Gasteiger partial charge on any atom is 0.191 e. The lowest BCUT2D eigenvalue weighted by Crippen LogP contribution is -2.44. The number of guanidine groups is 1. The van der Waals surface area contributed by atoms with E-state index in [0.717, 1.165) is 83.5 Å². The Labute approximate surface area is 197 Å². The summed E-state index contributed by atoms with van der Waals surface area (Å²) in [5, 5.41) is 6.73. The van der Waals surface area contributed by atoms with E-state index in [0.29, 0.717) is 12.7 Å². The number of pyridine rings is 1. The summed E-state index contributed by atoms with van der Waals surface area (Å²) in [7, 11) is 3.96. The number of halogens is 1. The molecular formula is C21H37IN6O2. The maximum absolute atomic E-state index is 5.70.